The highest BCUT2D eigenvalue weighted by molar-refractivity contribution is 6.30. The summed E-state index contributed by atoms with van der Waals surface area (Å²) < 4.78 is 12.1. The van der Waals surface area contributed by atoms with Crippen molar-refractivity contribution >= 4 is 17.5 Å². The predicted octanol–water partition coefficient (Wildman–Crippen LogP) is 3.16. The second kappa shape index (κ2) is 10.5. The lowest BCUT2D eigenvalue weighted by molar-refractivity contribution is -0.123. The Balaban J connectivity index is 1.54. The van der Waals surface area contributed by atoms with Crippen LogP contribution in [0.3, 0.4) is 0 Å². The fourth-order valence-corrected chi connectivity index (χ4v) is 2.89. The number of hydrogen-bond donors (Lipinski definition) is 1. The molecule has 0 aliphatic rings. The summed E-state index contributed by atoms with van der Waals surface area (Å²) in [5, 5.41) is 7.63. The van der Waals surface area contributed by atoms with E-state index in [1.54, 1.807) is 30.3 Å². The highest BCUT2D eigenvalue weighted by Crippen LogP contribution is 2.20. The molecule has 0 aliphatic heterocycles. The van der Waals surface area contributed by atoms with Crippen LogP contribution in [0.5, 0.6) is 11.5 Å². The van der Waals surface area contributed by atoms with E-state index in [1.807, 2.05) is 31.2 Å². The van der Waals surface area contributed by atoms with Crippen molar-refractivity contribution in [1.82, 2.24) is 15.1 Å². The molecular formula is C22H22ClN3O4. The van der Waals surface area contributed by atoms with E-state index in [9.17, 15) is 9.59 Å². The number of rotatable bonds is 9. The average molecular weight is 428 g/mol. The molecule has 156 valence electrons. The van der Waals surface area contributed by atoms with Gasteiger partial charge in [-0.2, -0.15) is 5.10 Å². The first-order chi connectivity index (χ1) is 14.5. The second-order valence-electron chi connectivity index (χ2n) is 6.33. The molecule has 1 amide bonds. The molecule has 0 spiro atoms. The summed E-state index contributed by atoms with van der Waals surface area (Å²) in [4.78, 5) is 24.1. The number of nitrogens with one attached hydrogen (secondary N) is 1. The lowest BCUT2D eigenvalue weighted by Crippen LogP contribution is -2.34. The van der Waals surface area contributed by atoms with E-state index in [-0.39, 0.29) is 31.2 Å². The van der Waals surface area contributed by atoms with Crippen LogP contribution in [0, 0.1) is 0 Å². The van der Waals surface area contributed by atoms with E-state index >= 15 is 0 Å². The number of hydrogen-bond acceptors (Lipinski definition) is 5. The average Bonchev–Trinajstić information content (AvgIpc) is 2.74. The quantitative estimate of drug-likeness (QED) is 0.567. The van der Waals surface area contributed by atoms with E-state index in [0.717, 1.165) is 11.3 Å². The number of amides is 1. The summed E-state index contributed by atoms with van der Waals surface area (Å²) in [6.07, 6.45) is 0. The zero-order valence-electron chi connectivity index (χ0n) is 16.5. The van der Waals surface area contributed by atoms with Crippen molar-refractivity contribution in [1.29, 1.82) is 0 Å². The van der Waals surface area contributed by atoms with E-state index in [2.05, 4.69) is 10.4 Å². The molecule has 0 atom stereocenters. The zero-order chi connectivity index (χ0) is 21.3. The molecule has 1 aromatic heterocycles. The van der Waals surface area contributed by atoms with Crippen LogP contribution in [0.15, 0.2) is 65.5 Å². The summed E-state index contributed by atoms with van der Waals surface area (Å²) >= 11 is 5.88. The summed E-state index contributed by atoms with van der Waals surface area (Å²) in [5.41, 5.74) is 1.29. The van der Waals surface area contributed by atoms with Crippen LogP contribution in [0.1, 0.15) is 6.92 Å². The minimum absolute atomic E-state index is 0.144. The molecule has 0 fully saturated rings. The normalized spacial score (nSPS) is 10.5. The molecule has 0 saturated heterocycles. The summed E-state index contributed by atoms with van der Waals surface area (Å²) in [6.45, 7) is 2.87. The molecule has 0 bridgehead atoms. The van der Waals surface area contributed by atoms with Crippen LogP contribution in [0.25, 0.3) is 11.3 Å². The minimum atomic E-state index is -0.300. The molecule has 2 aromatic carbocycles. The first kappa shape index (κ1) is 21.4. The molecular weight excluding hydrogens is 406 g/mol. The Bertz CT molecular complexity index is 1050. The van der Waals surface area contributed by atoms with Crippen molar-refractivity contribution < 1.29 is 14.3 Å². The first-order valence-corrected chi connectivity index (χ1v) is 9.89. The number of nitrogens with zero attached hydrogens (tertiary/aromatic N) is 2. The van der Waals surface area contributed by atoms with Gasteiger partial charge in [-0.15, -0.1) is 0 Å². The Kier molecular flexibility index (Phi) is 7.45. The number of halogens is 1. The van der Waals surface area contributed by atoms with Crippen molar-refractivity contribution in [2.24, 2.45) is 0 Å². The Morgan fingerprint density at radius 2 is 1.87 bits per heavy atom. The molecule has 7 nitrogen and oxygen atoms in total. The summed E-state index contributed by atoms with van der Waals surface area (Å²) in [6, 6.07) is 17.4. The van der Waals surface area contributed by atoms with Crippen molar-refractivity contribution in [2.75, 3.05) is 19.8 Å². The Morgan fingerprint density at radius 3 is 2.60 bits per heavy atom. The number of ether oxygens (including phenoxy) is 2. The van der Waals surface area contributed by atoms with E-state index in [0.29, 0.717) is 23.1 Å². The van der Waals surface area contributed by atoms with Gasteiger partial charge in [0.1, 0.15) is 11.5 Å². The standard InChI is InChI=1S/C22H22ClN3O4/c1-2-29-18-8-6-16(7-9-18)20-10-11-22(28)26(25-20)13-12-24-21(27)15-30-19-5-3-4-17(23)14-19/h3-11,14H,2,12-13,15H2,1H3,(H,24,27). The molecule has 0 unspecified atom stereocenters. The SMILES string of the molecule is CCOc1ccc(-c2ccc(=O)n(CCNC(=O)COc3cccc(Cl)c3)n2)cc1. The van der Waals surface area contributed by atoms with Crippen LogP contribution < -0.4 is 20.3 Å². The number of benzene rings is 2. The van der Waals surface area contributed by atoms with E-state index < -0.39 is 0 Å². The fourth-order valence-electron chi connectivity index (χ4n) is 2.71. The minimum Gasteiger partial charge on any atom is -0.494 e. The number of carbonyl (C=O) groups excluding carboxylic acids is 1. The number of aromatic nitrogens is 2. The van der Waals surface area contributed by atoms with Crippen LogP contribution in [-0.2, 0) is 11.3 Å². The molecule has 1 N–H and O–H groups in total. The summed E-state index contributed by atoms with van der Waals surface area (Å²) in [7, 11) is 0. The van der Waals surface area contributed by atoms with Crippen molar-refractivity contribution in [3.05, 3.63) is 76.0 Å². The maximum atomic E-state index is 12.1. The van der Waals surface area contributed by atoms with Gasteiger partial charge in [0.2, 0.25) is 0 Å². The molecule has 3 aromatic rings. The van der Waals surface area contributed by atoms with E-state index in [1.165, 1.54) is 10.7 Å². The molecule has 0 saturated carbocycles. The largest absolute Gasteiger partial charge is 0.494 e. The van der Waals surface area contributed by atoms with Gasteiger partial charge < -0.3 is 14.8 Å². The second-order valence-corrected chi connectivity index (χ2v) is 6.77. The molecule has 8 heteroatoms. The maximum Gasteiger partial charge on any atom is 0.266 e. The van der Waals surface area contributed by atoms with Crippen molar-refractivity contribution in [3.63, 3.8) is 0 Å². The molecule has 30 heavy (non-hydrogen) atoms. The van der Waals surface area contributed by atoms with Gasteiger partial charge in [0.25, 0.3) is 11.5 Å². The van der Waals surface area contributed by atoms with Crippen LogP contribution in [0.2, 0.25) is 5.02 Å². The topological polar surface area (TPSA) is 82.5 Å². The van der Waals surface area contributed by atoms with Crippen molar-refractivity contribution in [2.45, 2.75) is 13.5 Å². The lowest BCUT2D eigenvalue weighted by Gasteiger charge is -2.10. The van der Waals surface area contributed by atoms with Crippen molar-refractivity contribution in [3.8, 4) is 22.8 Å². The van der Waals surface area contributed by atoms with Gasteiger partial charge in [0.05, 0.1) is 18.8 Å². The third-order valence-corrected chi connectivity index (χ3v) is 4.37. The Labute approximate surface area is 179 Å². The van der Waals surface area contributed by atoms with Gasteiger partial charge in [-0.1, -0.05) is 17.7 Å². The highest BCUT2D eigenvalue weighted by Gasteiger charge is 2.06. The third-order valence-electron chi connectivity index (χ3n) is 4.14. The fraction of sp³-hybridized carbons (Fsp3) is 0.227. The van der Waals surface area contributed by atoms with Crippen LogP contribution in [-0.4, -0.2) is 35.4 Å². The lowest BCUT2D eigenvalue weighted by atomic mass is 10.1. The monoisotopic (exact) mass is 427 g/mol. The Hall–Kier alpha value is -3.32. The smallest absolute Gasteiger partial charge is 0.266 e. The van der Waals surface area contributed by atoms with E-state index in [4.69, 9.17) is 21.1 Å². The summed E-state index contributed by atoms with van der Waals surface area (Å²) in [5.74, 6) is 0.988. The van der Waals surface area contributed by atoms with Gasteiger partial charge in [-0.25, -0.2) is 4.68 Å². The molecule has 0 radical (unpaired) electrons. The first-order valence-electron chi connectivity index (χ1n) is 9.51. The van der Waals surface area contributed by atoms with Gasteiger partial charge in [0.15, 0.2) is 6.61 Å². The van der Waals surface area contributed by atoms with Crippen LogP contribution in [0.4, 0.5) is 0 Å². The third kappa shape index (κ3) is 6.09. The molecule has 1 heterocycles. The predicted molar refractivity (Wildman–Crippen MR) is 115 cm³/mol. The van der Waals surface area contributed by atoms with Gasteiger partial charge in [-0.3, -0.25) is 9.59 Å². The molecule has 0 aliphatic carbocycles. The zero-order valence-corrected chi connectivity index (χ0v) is 17.3. The van der Waals surface area contributed by atoms with Gasteiger partial charge >= 0.3 is 0 Å². The van der Waals surface area contributed by atoms with Gasteiger partial charge in [-0.05, 0) is 55.5 Å². The molecule has 3 rings (SSSR count). The Morgan fingerprint density at radius 1 is 1.07 bits per heavy atom. The van der Waals surface area contributed by atoms with Crippen LogP contribution >= 0.6 is 11.6 Å². The number of carbonyl (C=O) groups is 1. The highest BCUT2D eigenvalue weighted by atomic mass is 35.5. The maximum absolute atomic E-state index is 12.1. The van der Waals surface area contributed by atoms with Gasteiger partial charge in [0, 0.05) is 23.2 Å².